The fourth-order valence-electron chi connectivity index (χ4n) is 2.82. The normalized spacial score (nSPS) is 20.0. The minimum absolute atomic E-state index is 0.182. The molecule has 4 heteroatoms. The van der Waals surface area contributed by atoms with Crippen molar-refractivity contribution in [1.29, 1.82) is 0 Å². The van der Waals surface area contributed by atoms with Gasteiger partial charge in [-0.2, -0.15) is 0 Å². The predicted octanol–water partition coefficient (Wildman–Crippen LogP) is 1.96. The van der Waals surface area contributed by atoms with Gasteiger partial charge in [-0.15, -0.1) is 0 Å². The zero-order valence-electron chi connectivity index (χ0n) is 13.0. The maximum atomic E-state index is 11.6. The summed E-state index contributed by atoms with van der Waals surface area (Å²) in [5.41, 5.74) is 1.22. The van der Waals surface area contributed by atoms with Crippen LogP contribution in [0.3, 0.4) is 0 Å². The van der Waals surface area contributed by atoms with Gasteiger partial charge < -0.3 is 10.4 Å². The third kappa shape index (κ3) is 4.55. The van der Waals surface area contributed by atoms with Crippen molar-refractivity contribution < 1.29 is 9.90 Å². The molecule has 0 unspecified atom stereocenters. The van der Waals surface area contributed by atoms with Crippen LogP contribution in [0.15, 0.2) is 30.3 Å². The van der Waals surface area contributed by atoms with Crippen molar-refractivity contribution in [2.24, 2.45) is 5.92 Å². The highest BCUT2D eigenvalue weighted by Gasteiger charge is 2.25. The molecule has 1 aliphatic rings. The fraction of sp³-hybridized carbons (Fsp3) is 0.588. The van der Waals surface area contributed by atoms with Crippen LogP contribution in [0.2, 0.25) is 0 Å². The van der Waals surface area contributed by atoms with Crippen LogP contribution in [0.5, 0.6) is 0 Å². The second kappa shape index (κ2) is 7.57. The molecule has 1 fully saturated rings. The number of aliphatic hydroxyl groups is 1. The van der Waals surface area contributed by atoms with E-state index in [-0.39, 0.29) is 11.9 Å². The first-order chi connectivity index (χ1) is 10.1. The number of rotatable bonds is 5. The van der Waals surface area contributed by atoms with E-state index in [1.165, 1.54) is 25.3 Å². The molecule has 2 atom stereocenters. The summed E-state index contributed by atoms with van der Waals surface area (Å²) in [6.45, 7) is 6.46. The molecule has 1 aromatic rings. The number of aliphatic hydroxyl groups excluding tert-OH is 1. The lowest BCUT2D eigenvalue weighted by molar-refractivity contribution is -0.128. The molecule has 0 radical (unpaired) electrons. The van der Waals surface area contributed by atoms with Crippen molar-refractivity contribution in [2.75, 3.05) is 19.6 Å². The van der Waals surface area contributed by atoms with Crippen LogP contribution in [0, 0.1) is 5.92 Å². The Labute approximate surface area is 127 Å². The number of hydrogen-bond acceptors (Lipinski definition) is 3. The quantitative estimate of drug-likeness (QED) is 0.871. The highest BCUT2D eigenvalue weighted by atomic mass is 16.3. The Morgan fingerprint density at radius 1 is 1.33 bits per heavy atom. The Kier molecular flexibility index (Phi) is 5.76. The fourth-order valence-corrected chi connectivity index (χ4v) is 2.82. The van der Waals surface area contributed by atoms with Gasteiger partial charge in [0, 0.05) is 6.54 Å². The van der Waals surface area contributed by atoms with Gasteiger partial charge in [-0.3, -0.25) is 9.69 Å². The Morgan fingerprint density at radius 3 is 2.52 bits per heavy atom. The van der Waals surface area contributed by atoms with Crippen LogP contribution in [-0.4, -0.2) is 41.7 Å². The molecule has 0 bridgehead atoms. The first-order valence-electron chi connectivity index (χ1n) is 7.82. The number of amides is 1. The monoisotopic (exact) mass is 290 g/mol. The molecular formula is C17H26N2O2. The average molecular weight is 290 g/mol. The van der Waals surface area contributed by atoms with Gasteiger partial charge >= 0.3 is 0 Å². The van der Waals surface area contributed by atoms with E-state index in [4.69, 9.17) is 0 Å². The van der Waals surface area contributed by atoms with Crippen LogP contribution in [-0.2, 0) is 4.79 Å². The molecule has 0 aliphatic carbocycles. The van der Waals surface area contributed by atoms with Crippen LogP contribution >= 0.6 is 0 Å². The third-order valence-electron chi connectivity index (χ3n) is 4.29. The molecular weight excluding hydrogens is 264 g/mol. The minimum atomic E-state index is -0.956. The number of nitrogens with one attached hydrogen (secondary N) is 1. The van der Waals surface area contributed by atoms with Crippen molar-refractivity contribution in [1.82, 2.24) is 10.2 Å². The summed E-state index contributed by atoms with van der Waals surface area (Å²) >= 11 is 0. The van der Waals surface area contributed by atoms with E-state index in [9.17, 15) is 9.90 Å². The first-order valence-corrected chi connectivity index (χ1v) is 7.82. The second-order valence-electron chi connectivity index (χ2n) is 6.07. The summed E-state index contributed by atoms with van der Waals surface area (Å²) in [7, 11) is 0. The maximum absolute atomic E-state index is 11.6. The Morgan fingerprint density at radius 2 is 1.95 bits per heavy atom. The van der Waals surface area contributed by atoms with E-state index in [1.807, 2.05) is 18.2 Å². The highest BCUT2D eigenvalue weighted by Crippen LogP contribution is 2.26. The zero-order chi connectivity index (χ0) is 15.2. The van der Waals surface area contributed by atoms with Crippen molar-refractivity contribution in [3.05, 3.63) is 35.9 Å². The van der Waals surface area contributed by atoms with Gasteiger partial charge in [0.15, 0.2) is 0 Å². The number of benzene rings is 1. The van der Waals surface area contributed by atoms with Crippen LogP contribution < -0.4 is 5.32 Å². The van der Waals surface area contributed by atoms with E-state index in [0.717, 1.165) is 19.0 Å². The summed E-state index contributed by atoms with van der Waals surface area (Å²) in [6, 6.07) is 10.5. The van der Waals surface area contributed by atoms with E-state index >= 15 is 0 Å². The Hall–Kier alpha value is -1.39. The zero-order valence-corrected chi connectivity index (χ0v) is 13.0. The number of likely N-dealkylation sites (tertiary alicyclic amines) is 1. The number of piperidine rings is 1. The number of hydrogen-bond donors (Lipinski definition) is 2. The van der Waals surface area contributed by atoms with Gasteiger partial charge in [-0.1, -0.05) is 37.3 Å². The molecule has 1 saturated heterocycles. The smallest absolute Gasteiger partial charge is 0.248 e. The molecule has 116 valence electrons. The van der Waals surface area contributed by atoms with Crippen LogP contribution in [0.1, 0.15) is 38.3 Å². The second-order valence-corrected chi connectivity index (χ2v) is 6.07. The van der Waals surface area contributed by atoms with Crippen molar-refractivity contribution in [2.45, 2.75) is 38.8 Å². The average Bonchev–Trinajstić information content (AvgIpc) is 2.50. The van der Waals surface area contributed by atoms with Gasteiger partial charge in [0.1, 0.15) is 6.10 Å². The van der Waals surface area contributed by atoms with Crippen LogP contribution in [0.25, 0.3) is 0 Å². The number of nitrogens with zero attached hydrogens (tertiary/aromatic N) is 1. The summed E-state index contributed by atoms with van der Waals surface area (Å²) in [6.07, 6.45) is 1.45. The predicted molar refractivity (Wildman–Crippen MR) is 83.8 cm³/mol. The summed E-state index contributed by atoms with van der Waals surface area (Å²) in [4.78, 5) is 14.1. The Bertz CT molecular complexity index is 439. The van der Waals surface area contributed by atoms with E-state index in [1.54, 1.807) is 0 Å². The molecule has 4 nitrogen and oxygen atoms in total. The largest absolute Gasteiger partial charge is 0.384 e. The molecule has 2 N–H and O–H groups in total. The molecule has 1 aliphatic heterocycles. The van der Waals surface area contributed by atoms with Crippen molar-refractivity contribution in [3.8, 4) is 0 Å². The lowest BCUT2D eigenvalue weighted by Gasteiger charge is -2.37. The molecule has 21 heavy (non-hydrogen) atoms. The molecule has 0 aromatic heterocycles. The summed E-state index contributed by atoms with van der Waals surface area (Å²) < 4.78 is 0. The van der Waals surface area contributed by atoms with E-state index in [2.05, 4.69) is 29.3 Å². The summed E-state index contributed by atoms with van der Waals surface area (Å²) in [5, 5.41) is 12.2. The van der Waals surface area contributed by atoms with Gasteiger partial charge in [-0.05, 0) is 44.3 Å². The lowest BCUT2D eigenvalue weighted by atomic mass is 9.95. The van der Waals surface area contributed by atoms with Gasteiger partial charge in [0.05, 0.1) is 6.04 Å². The minimum Gasteiger partial charge on any atom is -0.384 e. The molecule has 1 aromatic carbocycles. The molecule has 2 rings (SSSR count). The number of carbonyl (C=O) groups is 1. The van der Waals surface area contributed by atoms with Gasteiger partial charge in [0.25, 0.3) is 0 Å². The van der Waals surface area contributed by atoms with E-state index < -0.39 is 6.10 Å². The molecule has 0 saturated carbocycles. The standard InChI is InChI=1S/C17H26N2O2/c1-13-8-10-19(11-9-13)16(12-18-17(21)14(2)20)15-6-4-3-5-7-15/h3-7,13-14,16,20H,8-12H2,1-2H3,(H,18,21)/t14-,16+/m0/s1. The highest BCUT2D eigenvalue weighted by molar-refractivity contribution is 5.80. The number of carbonyl (C=O) groups excluding carboxylic acids is 1. The molecule has 0 spiro atoms. The topological polar surface area (TPSA) is 52.6 Å². The summed E-state index contributed by atoms with van der Waals surface area (Å²) in [5.74, 6) is 0.478. The van der Waals surface area contributed by atoms with Gasteiger partial charge in [-0.25, -0.2) is 0 Å². The van der Waals surface area contributed by atoms with Crippen molar-refractivity contribution in [3.63, 3.8) is 0 Å². The van der Waals surface area contributed by atoms with E-state index in [0.29, 0.717) is 6.54 Å². The SMILES string of the molecule is CC1CCN([C@H](CNC(=O)[C@H](C)O)c2ccccc2)CC1. The Balaban J connectivity index is 2.05. The third-order valence-corrected chi connectivity index (χ3v) is 4.29. The molecule has 1 amide bonds. The maximum Gasteiger partial charge on any atom is 0.248 e. The molecule has 1 heterocycles. The van der Waals surface area contributed by atoms with Gasteiger partial charge in [0.2, 0.25) is 5.91 Å². The van der Waals surface area contributed by atoms with Crippen molar-refractivity contribution >= 4 is 5.91 Å². The lowest BCUT2D eigenvalue weighted by Crippen LogP contribution is -2.43. The van der Waals surface area contributed by atoms with Crippen LogP contribution in [0.4, 0.5) is 0 Å². The first kappa shape index (κ1) is 16.0.